The lowest BCUT2D eigenvalue weighted by Crippen LogP contribution is -1.88. The molecule has 389 valence electrons. The Morgan fingerprint density at radius 1 is 0.242 bits per heavy atom. The van der Waals surface area contributed by atoms with E-state index in [0.29, 0.717) is 0 Å². The Hall–Kier alpha value is -0.0800. The van der Waals surface area contributed by atoms with E-state index in [0.717, 1.165) is 6.42 Å². The molecule has 0 aliphatic rings. The van der Waals surface area contributed by atoms with Crippen molar-refractivity contribution in [3.8, 4) is 0 Å². The first-order valence-electron chi connectivity index (χ1n) is 31.0. The van der Waals surface area contributed by atoms with Gasteiger partial charge in [-0.1, -0.05) is 335 Å². The molecule has 0 aliphatic carbocycles. The van der Waals surface area contributed by atoms with Crippen LogP contribution in [0.15, 0.2) is 28.0 Å². The highest BCUT2D eigenvalue weighted by Gasteiger charge is 2.04. The SMILES string of the molecule is [CH2]Cc1cc(SCCCCCCCCCCCCCCCCCCCCCCCCCCCC)cc(SCCCCCCCCCCCCCCCCCCCCCCCCCCCC)c1. The van der Waals surface area contributed by atoms with Gasteiger partial charge in [-0.25, -0.2) is 0 Å². The van der Waals surface area contributed by atoms with Crippen LogP contribution in [0.1, 0.15) is 353 Å². The molecular weight excluding hydrogens is 833 g/mol. The molecule has 0 bridgehead atoms. The molecule has 0 saturated heterocycles. The Morgan fingerprint density at radius 2 is 0.409 bits per heavy atom. The van der Waals surface area contributed by atoms with Crippen molar-refractivity contribution in [3.63, 3.8) is 0 Å². The summed E-state index contributed by atoms with van der Waals surface area (Å²) < 4.78 is 0. The van der Waals surface area contributed by atoms with E-state index in [9.17, 15) is 0 Å². The van der Waals surface area contributed by atoms with Gasteiger partial charge in [-0.05, 0) is 61.5 Å². The molecule has 1 rings (SSSR count). The lowest BCUT2D eigenvalue weighted by molar-refractivity contribution is 0.516. The van der Waals surface area contributed by atoms with Gasteiger partial charge in [0, 0.05) is 9.79 Å². The predicted molar refractivity (Wildman–Crippen MR) is 308 cm³/mol. The van der Waals surface area contributed by atoms with Crippen molar-refractivity contribution < 1.29 is 0 Å². The zero-order chi connectivity index (χ0) is 47.2. The van der Waals surface area contributed by atoms with Gasteiger partial charge in [-0.3, -0.25) is 0 Å². The highest BCUT2D eigenvalue weighted by atomic mass is 32.2. The van der Waals surface area contributed by atoms with Crippen molar-refractivity contribution in [3.05, 3.63) is 30.7 Å². The molecule has 0 atom stereocenters. The summed E-state index contributed by atoms with van der Waals surface area (Å²) in [4.78, 5) is 2.95. The first kappa shape index (κ1) is 63.9. The van der Waals surface area contributed by atoms with Gasteiger partial charge in [-0.15, -0.1) is 23.5 Å². The molecular formula is C64H121S2. The molecule has 0 unspecified atom stereocenters. The monoisotopic (exact) mass is 954 g/mol. The maximum Gasteiger partial charge on any atom is 0.00858 e. The van der Waals surface area contributed by atoms with Crippen molar-refractivity contribution in [2.75, 3.05) is 11.5 Å². The van der Waals surface area contributed by atoms with Crippen LogP contribution in [0.2, 0.25) is 0 Å². The van der Waals surface area contributed by atoms with Crippen molar-refractivity contribution in [2.24, 2.45) is 0 Å². The number of benzene rings is 1. The van der Waals surface area contributed by atoms with E-state index in [4.69, 9.17) is 0 Å². The number of hydrogen-bond donors (Lipinski definition) is 0. The number of unbranched alkanes of at least 4 members (excludes halogenated alkanes) is 50. The molecule has 2 heteroatoms. The normalized spacial score (nSPS) is 11.7. The van der Waals surface area contributed by atoms with Crippen LogP contribution >= 0.6 is 23.5 Å². The maximum absolute atomic E-state index is 4.22. The molecule has 0 spiro atoms. The van der Waals surface area contributed by atoms with Crippen molar-refractivity contribution in [1.82, 2.24) is 0 Å². The summed E-state index contributed by atoms with van der Waals surface area (Å²) in [6.45, 7) is 8.85. The van der Waals surface area contributed by atoms with E-state index >= 15 is 0 Å². The van der Waals surface area contributed by atoms with Crippen LogP contribution in [0.5, 0.6) is 0 Å². The molecule has 0 heterocycles. The average Bonchev–Trinajstić information content (AvgIpc) is 3.33. The lowest BCUT2D eigenvalue weighted by atomic mass is 10.0. The van der Waals surface area contributed by atoms with Crippen LogP contribution in [0.4, 0.5) is 0 Å². The fourth-order valence-corrected chi connectivity index (χ4v) is 12.3. The second-order valence-corrected chi connectivity index (χ2v) is 23.8. The standard InChI is InChI=1S/C64H121S2/c1-4-7-9-11-13-15-17-19-21-23-25-27-29-31-33-35-37-39-41-43-45-47-49-51-53-55-57-65-63-59-62(6-3)60-64(61-63)66-58-56-54-52-50-48-46-44-42-40-38-36-34-32-30-28-26-24-22-20-18-16-14-12-10-8-5-2/h59-61H,3-58H2,1-2H3. The Kier molecular flexibility index (Phi) is 54.1. The van der Waals surface area contributed by atoms with Crippen molar-refractivity contribution >= 4 is 23.5 Å². The third kappa shape index (κ3) is 48.9. The molecule has 0 N–H and O–H groups in total. The van der Waals surface area contributed by atoms with Gasteiger partial charge >= 0.3 is 0 Å². The molecule has 1 aromatic rings. The van der Waals surface area contributed by atoms with E-state index in [1.54, 1.807) is 0 Å². The molecule has 0 nitrogen and oxygen atoms in total. The average molecular weight is 955 g/mol. The quantitative estimate of drug-likeness (QED) is 0.0471. The second-order valence-electron chi connectivity index (χ2n) is 21.4. The number of rotatable bonds is 57. The molecule has 0 fully saturated rings. The third-order valence-corrected chi connectivity index (χ3v) is 16.9. The van der Waals surface area contributed by atoms with Crippen LogP contribution in [0.25, 0.3) is 0 Å². The molecule has 1 radical (unpaired) electrons. The van der Waals surface area contributed by atoms with E-state index in [2.05, 4.69) is 62.5 Å². The fraction of sp³-hybridized carbons (Fsp3) is 0.891. The largest absolute Gasteiger partial charge is 0.126 e. The third-order valence-electron chi connectivity index (χ3n) is 14.8. The van der Waals surface area contributed by atoms with Gasteiger partial charge in [0.15, 0.2) is 0 Å². The zero-order valence-corrected chi connectivity index (χ0v) is 47.3. The summed E-state index contributed by atoms with van der Waals surface area (Å²) in [5.74, 6) is 2.53. The minimum atomic E-state index is 0.904. The van der Waals surface area contributed by atoms with Crippen molar-refractivity contribution in [2.45, 2.75) is 364 Å². The van der Waals surface area contributed by atoms with Crippen LogP contribution in [0.3, 0.4) is 0 Å². The fourth-order valence-electron chi connectivity index (χ4n) is 10.2. The zero-order valence-electron chi connectivity index (χ0n) is 45.6. The molecule has 0 aliphatic heterocycles. The van der Waals surface area contributed by atoms with Gasteiger partial charge < -0.3 is 0 Å². The predicted octanol–water partition coefficient (Wildman–Crippen LogP) is 24.6. The first-order chi connectivity index (χ1) is 32.8. The minimum Gasteiger partial charge on any atom is -0.126 e. The van der Waals surface area contributed by atoms with Gasteiger partial charge in [-0.2, -0.15) is 0 Å². The molecule has 0 amide bonds. The van der Waals surface area contributed by atoms with E-state index in [-0.39, 0.29) is 0 Å². The number of thioether (sulfide) groups is 2. The summed E-state index contributed by atoms with van der Waals surface area (Å²) >= 11 is 4.17. The summed E-state index contributed by atoms with van der Waals surface area (Å²) in [5, 5.41) is 0. The minimum absolute atomic E-state index is 0.904. The van der Waals surface area contributed by atoms with Gasteiger partial charge in [0.25, 0.3) is 0 Å². The van der Waals surface area contributed by atoms with Crippen molar-refractivity contribution in [1.29, 1.82) is 0 Å². The van der Waals surface area contributed by atoms with E-state index in [1.165, 1.54) is 361 Å². The molecule has 0 aromatic heterocycles. The second kappa shape index (κ2) is 55.8. The van der Waals surface area contributed by atoms with E-state index in [1.807, 2.05) is 0 Å². The van der Waals surface area contributed by atoms with Gasteiger partial charge in [0.2, 0.25) is 0 Å². The highest BCUT2D eigenvalue weighted by molar-refractivity contribution is 8.00. The molecule has 1 aromatic carbocycles. The highest BCUT2D eigenvalue weighted by Crippen LogP contribution is 2.29. The van der Waals surface area contributed by atoms with Crippen LogP contribution in [-0.4, -0.2) is 11.5 Å². The summed E-state index contributed by atoms with van der Waals surface area (Å²) in [6, 6.07) is 7.28. The smallest absolute Gasteiger partial charge is 0.00858 e. The Bertz CT molecular complexity index is 958. The van der Waals surface area contributed by atoms with E-state index < -0.39 is 0 Å². The van der Waals surface area contributed by atoms with Crippen LogP contribution < -0.4 is 0 Å². The maximum atomic E-state index is 4.22. The number of hydrogen-bond acceptors (Lipinski definition) is 2. The topological polar surface area (TPSA) is 0 Å². The summed E-state index contributed by atoms with van der Waals surface area (Å²) in [5.41, 5.74) is 1.41. The molecule has 0 saturated carbocycles. The molecule has 66 heavy (non-hydrogen) atoms. The Labute approximate surface area is 427 Å². The first-order valence-corrected chi connectivity index (χ1v) is 33.0. The van der Waals surface area contributed by atoms with Crippen LogP contribution in [0, 0.1) is 6.92 Å². The Balaban J connectivity index is 1.83. The lowest BCUT2D eigenvalue weighted by Gasteiger charge is -2.09. The van der Waals surface area contributed by atoms with Gasteiger partial charge in [0.05, 0.1) is 0 Å². The Morgan fingerprint density at radius 3 is 0.576 bits per heavy atom. The van der Waals surface area contributed by atoms with Gasteiger partial charge in [0.1, 0.15) is 0 Å². The van der Waals surface area contributed by atoms with Crippen LogP contribution in [-0.2, 0) is 6.42 Å². The summed E-state index contributed by atoms with van der Waals surface area (Å²) in [6.07, 6.45) is 77.0. The summed E-state index contributed by atoms with van der Waals surface area (Å²) in [7, 11) is 0.